The van der Waals surface area contributed by atoms with Gasteiger partial charge in [-0.25, -0.2) is 0 Å². The molecule has 0 saturated heterocycles. The van der Waals surface area contributed by atoms with E-state index in [-0.39, 0.29) is 12.2 Å². The van der Waals surface area contributed by atoms with Crippen LogP contribution in [0.3, 0.4) is 0 Å². The average molecular weight is 410 g/mol. The summed E-state index contributed by atoms with van der Waals surface area (Å²) in [5, 5.41) is 32.9. The van der Waals surface area contributed by atoms with E-state index in [1.165, 1.54) is 12.1 Å². The number of rotatable bonds is 11. The van der Waals surface area contributed by atoms with Crippen molar-refractivity contribution in [2.45, 2.75) is 24.9 Å². The molecule has 0 radical (unpaired) electrons. The standard InChI is InChI=1S/C17H22N4O8/c18-11(5-9-1-3-10(22)4-2-9)16(28)19-7-13(23)21-12(6-14(24)25)17(29)20-8-15(26)27/h1-4,11-12,22H,5-8,18H2,(H,19,28)(H,20,29)(H,21,23)(H,24,25)(H,26,27)/t11-,12-/m0/s1. The van der Waals surface area contributed by atoms with Gasteiger partial charge in [-0.3, -0.25) is 24.0 Å². The lowest BCUT2D eigenvalue weighted by atomic mass is 10.1. The number of hydrogen-bond acceptors (Lipinski definition) is 7. The molecule has 0 aliphatic carbocycles. The molecule has 0 heterocycles. The van der Waals surface area contributed by atoms with Crippen molar-refractivity contribution < 1.29 is 39.3 Å². The molecule has 0 aliphatic rings. The summed E-state index contributed by atoms with van der Waals surface area (Å²) < 4.78 is 0. The monoisotopic (exact) mass is 410 g/mol. The van der Waals surface area contributed by atoms with Gasteiger partial charge in [-0.15, -0.1) is 0 Å². The minimum atomic E-state index is -1.51. The molecular formula is C17H22N4O8. The zero-order chi connectivity index (χ0) is 22.0. The van der Waals surface area contributed by atoms with Crippen molar-refractivity contribution in [3.05, 3.63) is 29.8 Å². The van der Waals surface area contributed by atoms with Crippen molar-refractivity contribution >= 4 is 29.7 Å². The first kappa shape index (κ1) is 23.4. The number of aliphatic carboxylic acids is 2. The Morgan fingerprint density at radius 3 is 2.03 bits per heavy atom. The van der Waals surface area contributed by atoms with E-state index in [1.807, 2.05) is 5.32 Å². The molecule has 8 N–H and O–H groups in total. The molecule has 3 amide bonds. The van der Waals surface area contributed by atoms with E-state index in [4.69, 9.17) is 15.9 Å². The topological polar surface area (TPSA) is 208 Å². The summed E-state index contributed by atoms with van der Waals surface area (Å²) in [6, 6.07) is 3.54. The fraction of sp³-hybridized carbons (Fsp3) is 0.353. The van der Waals surface area contributed by atoms with E-state index in [2.05, 4.69) is 10.6 Å². The average Bonchev–Trinajstić information content (AvgIpc) is 2.64. The van der Waals surface area contributed by atoms with E-state index in [9.17, 15) is 29.1 Å². The maximum absolute atomic E-state index is 12.0. The maximum atomic E-state index is 12.0. The smallest absolute Gasteiger partial charge is 0.322 e. The molecular weight excluding hydrogens is 388 g/mol. The van der Waals surface area contributed by atoms with Crippen molar-refractivity contribution in [3.63, 3.8) is 0 Å². The van der Waals surface area contributed by atoms with Crippen molar-refractivity contribution in [2.24, 2.45) is 5.73 Å². The summed E-state index contributed by atoms with van der Waals surface area (Å²) in [5.74, 6) is -5.16. The second-order valence-electron chi connectivity index (χ2n) is 6.02. The van der Waals surface area contributed by atoms with Gasteiger partial charge in [0.25, 0.3) is 0 Å². The first-order valence-corrected chi connectivity index (χ1v) is 8.40. The molecule has 29 heavy (non-hydrogen) atoms. The number of amides is 3. The number of phenolic OH excluding ortho intramolecular Hbond substituents is 1. The number of carboxylic acids is 2. The van der Waals surface area contributed by atoms with Crippen LogP contribution in [0.2, 0.25) is 0 Å². The number of nitrogens with one attached hydrogen (secondary N) is 3. The van der Waals surface area contributed by atoms with Gasteiger partial charge in [0.15, 0.2) is 0 Å². The first-order chi connectivity index (χ1) is 13.6. The van der Waals surface area contributed by atoms with E-state index in [0.29, 0.717) is 5.56 Å². The number of phenols is 1. The van der Waals surface area contributed by atoms with Crippen LogP contribution >= 0.6 is 0 Å². The van der Waals surface area contributed by atoms with Gasteiger partial charge >= 0.3 is 11.9 Å². The number of benzene rings is 1. The summed E-state index contributed by atoms with van der Waals surface area (Å²) in [7, 11) is 0. The molecule has 1 rings (SSSR count). The zero-order valence-electron chi connectivity index (χ0n) is 15.3. The van der Waals surface area contributed by atoms with Crippen molar-refractivity contribution in [1.82, 2.24) is 16.0 Å². The Labute approximate surface area is 165 Å². The molecule has 0 spiro atoms. The fourth-order valence-electron chi connectivity index (χ4n) is 2.19. The van der Waals surface area contributed by atoms with Crippen LogP contribution in [-0.4, -0.2) is 70.2 Å². The van der Waals surface area contributed by atoms with E-state index in [0.717, 1.165) is 0 Å². The fourth-order valence-corrected chi connectivity index (χ4v) is 2.19. The second kappa shape index (κ2) is 11.2. The van der Waals surface area contributed by atoms with Gasteiger partial charge in [0.05, 0.1) is 19.0 Å². The van der Waals surface area contributed by atoms with Crippen LogP contribution in [-0.2, 0) is 30.4 Å². The van der Waals surface area contributed by atoms with Crippen LogP contribution in [0.4, 0.5) is 0 Å². The first-order valence-electron chi connectivity index (χ1n) is 8.40. The van der Waals surface area contributed by atoms with Gasteiger partial charge in [-0.05, 0) is 24.1 Å². The van der Waals surface area contributed by atoms with Gasteiger partial charge in [-0.2, -0.15) is 0 Å². The highest BCUT2D eigenvalue weighted by Gasteiger charge is 2.24. The summed E-state index contributed by atoms with van der Waals surface area (Å²) in [6.07, 6.45) is -0.627. The van der Waals surface area contributed by atoms with Crippen LogP contribution in [0.25, 0.3) is 0 Å². The Morgan fingerprint density at radius 2 is 1.48 bits per heavy atom. The van der Waals surface area contributed by atoms with E-state index in [1.54, 1.807) is 12.1 Å². The van der Waals surface area contributed by atoms with Crippen LogP contribution in [0.15, 0.2) is 24.3 Å². The Hall–Kier alpha value is -3.67. The minimum absolute atomic E-state index is 0.0618. The highest BCUT2D eigenvalue weighted by molar-refractivity contribution is 5.93. The van der Waals surface area contributed by atoms with Gasteiger partial charge in [0.1, 0.15) is 18.3 Å². The highest BCUT2D eigenvalue weighted by Crippen LogP contribution is 2.10. The van der Waals surface area contributed by atoms with Crippen LogP contribution in [0, 0.1) is 0 Å². The molecule has 1 aromatic carbocycles. The summed E-state index contributed by atoms with van der Waals surface area (Å²) in [4.78, 5) is 57.0. The predicted molar refractivity (Wildman–Crippen MR) is 97.6 cm³/mol. The Balaban J connectivity index is 2.53. The third-order valence-corrected chi connectivity index (χ3v) is 3.60. The molecule has 12 heteroatoms. The Bertz CT molecular complexity index is 765. The number of hydrogen-bond donors (Lipinski definition) is 7. The zero-order valence-corrected chi connectivity index (χ0v) is 15.3. The molecule has 0 unspecified atom stereocenters. The maximum Gasteiger partial charge on any atom is 0.322 e. The summed E-state index contributed by atoms with van der Waals surface area (Å²) in [5.41, 5.74) is 6.44. The van der Waals surface area contributed by atoms with Gasteiger partial charge in [0.2, 0.25) is 17.7 Å². The van der Waals surface area contributed by atoms with Crippen molar-refractivity contribution in [2.75, 3.05) is 13.1 Å². The van der Waals surface area contributed by atoms with Crippen LogP contribution < -0.4 is 21.7 Å². The molecule has 0 aliphatic heterocycles. The summed E-state index contributed by atoms with van der Waals surface area (Å²) in [6.45, 7) is -1.31. The molecule has 1 aromatic rings. The van der Waals surface area contributed by atoms with E-state index >= 15 is 0 Å². The number of aromatic hydroxyl groups is 1. The van der Waals surface area contributed by atoms with Crippen molar-refractivity contribution in [3.8, 4) is 5.75 Å². The molecule has 0 bridgehead atoms. The van der Waals surface area contributed by atoms with Gasteiger partial charge < -0.3 is 37.0 Å². The third kappa shape index (κ3) is 9.19. The molecule has 0 saturated carbocycles. The lowest BCUT2D eigenvalue weighted by Gasteiger charge is -2.17. The lowest BCUT2D eigenvalue weighted by Crippen LogP contribution is -2.52. The Kier molecular flexibility index (Phi) is 9.05. The molecule has 0 aromatic heterocycles. The van der Waals surface area contributed by atoms with Gasteiger partial charge in [0, 0.05) is 0 Å². The third-order valence-electron chi connectivity index (χ3n) is 3.60. The molecule has 12 nitrogen and oxygen atoms in total. The van der Waals surface area contributed by atoms with Gasteiger partial charge in [-0.1, -0.05) is 12.1 Å². The molecule has 158 valence electrons. The number of nitrogens with two attached hydrogens (primary N) is 1. The number of carbonyl (C=O) groups excluding carboxylic acids is 3. The molecule has 2 atom stereocenters. The quantitative estimate of drug-likeness (QED) is 0.206. The number of carboxylic acid groups (broad SMARTS) is 2. The predicted octanol–water partition coefficient (Wildman–Crippen LogP) is -2.46. The van der Waals surface area contributed by atoms with Crippen LogP contribution in [0.1, 0.15) is 12.0 Å². The largest absolute Gasteiger partial charge is 0.508 e. The summed E-state index contributed by atoms with van der Waals surface area (Å²) >= 11 is 0. The SMILES string of the molecule is N[C@@H](Cc1ccc(O)cc1)C(=O)NCC(=O)N[C@@H](CC(=O)O)C(=O)NCC(=O)O. The van der Waals surface area contributed by atoms with E-state index < -0.39 is 61.3 Å². The Morgan fingerprint density at radius 1 is 0.897 bits per heavy atom. The highest BCUT2D eigenvalue weighted by atomic mass is 16.4. The van der Waals surface area contributed by atoms with Crippen LogP contribution in [0.5, 0.6) is 5.75 Å². The van der Waals surface area contributed by atoms with Crippen molar-refractivity contribution in [1.29, 1.82) is 0 Å². The lowest BCUT2D eigenvalue weighted by molar-refractivity contribution is -0.141. The molecule has 0 fully saturated rings. The number of carbonyl (C=O) groups is 5. The normalized spacial score (nSPS) is 12.3. The second-order valence-corrected chi connectivity index (χ2v) is 6.02. The minimum Gasteiger partial charge on any atom is -0.508 e.